The molecule has 0 spiro atoms. The summed E-state index contributed by atoms with van der Waals surface area (Å²) >= 11 is 0. The third kappa shape index (κ3) is 2.92. The Morgan fingerprint density at radius 3 is 2.57 bits per heavy atom. The zero-order valence-corrected chi connectivity index (χ0v) is 11.4. The molecule has 0 atom stereocenters. The molecule has 0 unspecified atom stereocenters. The molecule has 2 aromatic rings. The van der Waals surface area contributed by atoms with Gasteiger partial charge in [-0.3, -0.25) is 0 Å². The number of anilines is 2. The monoisotopic (exact) mass is 283 g/mol. The fraction of sp³-hybridized carbons (Fsp3) is 0.267. The summed E-state index contributed by atoms with van der Waals surface area (Å²) in [5.74, 6) is 0.213. The van der Waals surface area contributed by atoms with Crippen molar-refractivity contribution in [2.75, 3.05) is 36.0 Å². The molecule has 0 N–H and O–H groups in total. The van der Waals surface area contributed by atoms with Gasteiger partial charge in [0.1, 0.15) is 17.6 Å². The summed E-state index contributed by atoms with van der Waals surface area (Å²) in [6.45, 7) is 3.13. The Balaban J connectivity index is 1.69. The summed E-state index contributed by atoms with van der Waals surface area (Å²) in [4.78, 5) is 12.1. The lowest BCUT2D eigenvalue weighted by molar-refractivity contribution is 0.575. The molecule has 0 bridgehead atoms. The molecule has 106 valence electrons. The third-order valence-electron chi connectivity index (χ3n) is 3.53. The molecule has 1 saturated heterocycles. The van der Waals surface area contributed by atoms with Crippen molar-refractivity contribution in [2.24, 2.45) is 0 Å². The minimum atomic E-state index is -0.456. The lowest BCUT2D eigenvalue weighted by atomic mass is 10.2. The van der Waals surface area contributed by atoms with E-state index in [4.69, 9.17) is 5.26 Å². The summed E-state index contributed by atoms with van der Waals surface area (Å²) in [5, 5.41) is 8.89. The summed E-state index contributed by atoms with van der Waals surface area (Å²) in [5.41, 5.74) is 1.41. The van der Waals surface area contributed by atoms with Gasteiger partial charge in [-0.2, -0.15) is 9.65 Å². The molecule has 2 aromatic heterocycles. The smallest absolute Gasteiger partial charge is 0.214 e. The predicted molar refractivity (Wildman–Crippen MR) is 77.6 cm³/mol. The van der Waals surface area contributed by atoms with Crippen LogP contribution >= 0.6 is 0 Å². The number of nitriles is 1. The lowest BCUT2D eigenvalue weighted by Gasteiger charge is -2.36. The number of hydrogen-bond acceptors (Lipinski definition) is 5. The number of halogens is 1. The van der Waals surface area contributed by atoms with Crippen LogP contribution in [0.4, 0.5) is 15.9 Å². The first-order valence-electron chi connectivity index (χ1n) is 6.75. The van der Waals surface area contributed by atoms with Crippen LogP contribution in [0.25, 0.3) is 0 Å². The molecule has 21 heavy (non-hydrogen) atoms. The normalized spacial score (nSPS) is 14.9. The molecule has 1 fully saturated rings. The minimum absolute atomic E-state index is 0.418. The molecule has 0 saturated carbocycles. The van der Waals surface area contributed by atoms with Gasteiger partial charge in [0.25, 0.3) is 0 Å². The second-order valence-corrected chi connectivity index (χ2v) is 4.80. The van der Waals surface area contributed by atoms with Crippen molar-refractivity contribution in [1.82, 2.24) is 9.97 Å². The van der Waals surface area contributed by atoms with Crippen molar-refractivity contribution < 1.29 is 4.39 Å². The Labute approximate surface area is 122 Å². The molecule has 3 heterocycles. The molecule has 0 aliphatic carbocycles. The average molecular weight is 283 g/mol. The summed E-state index contributed by atoms with van der Waals surface area (Å²) < 4.78 is 13.2. The number of nitrogens with zero attached hydrogens (tertiary/aromatic N) is 5. The van der Waals surface area contributed by atoms with Crippen molar-refractivity contribution >= 4 is 11.5 Å². The quantitative estimate of drug-likeness (QED) is 0.787. The van der Waals surface area contributed by atoms with E-state index in [0.29, 0.717) is 11.5 Å². The van der Waals surface area contributed by atoms with E-state index >= 15 is 0 Å². The minimum Gasteiger partial charge on any atom is -0.368 e. The molecule has 0 amide bonds. The molecule has 1 aliphatic heterocycles. The second kappa shape index (κ2) is 5.75. The highest BCUT2D eigenvalue weighted by atomic mass is 19.1. The molecular formula is C15H14FN5. The van der Waals surface area contributed by atoms with E-state index in [9.17, 15) is 4.39 Å². The van der Waals surface area contributed by atoms with Crippen molar-refractivity contribution in [1.29, 1.82) is 5.26 Å². The van der Waals surface area contributed by atoms with Crippen LogP contribution in [0.15, 0.2) is 36.5 Å². The van der Waals surface area contributed by atoms with Gasteiger partial charge in [0.05, 0.1) is 0 Å². The Morgan fingerprint density at radius 2 is 1.86 bits per heavy atom. The standard InChI is InChI=1S/C15H14FN5/c16-14-2-1-3-15(19-14)21-8-6-20(7-9-21)13-4-5-18-12(10-13)11-17/h1-5,10H,6-9H2. The van der Waals surface area contributed by atoms with Crippen LogP contribution in [0, 0.1) is 17.3 Å². The highest BCUT2D eigenvalue weighted by Crippen LogP contribution is 2.19. The largest absolute Gasteiger partial charge is 0.368 e. The van der Waals surface area contributed by atoms with E-state index < -0.39 is 5.95 Å². The maximum absolute atomic E-state index is 13.2. The molecule has 0 radical (unpaired) electrons. The summed E-state index contributed by atoms with van der Waals surface area (Å²) in [6, 6.07) is 10.6. The molecule has 3 rings (SSSR count). The van der Waals surface area contributed by atoms with E-state index in [2.05, 4.69) is 19.8 Å². The Morgan fingerprint density at radius 1 is 1.10 bits per heavy atom. The Bertz CT molecular complexity index is 674. The maximum Gasteiger partial charge on any atom is 0.214 e. The second-order valence-electron chi connectivity index (χ2n) is 4.80. The van der Waals surface area contributed by atoms with Crippen LogP contribution in [-0.2, 0) is 0 Å². The number of piperazine rings is 1. The maximum atomic E-state index is 13.2. The predicted octanol–water partition coefficient (Wildman–Crippen LogP) is 1.81. The molecule has 0 aromatic carbocycles. The fourth-order valence-electron chi connectivity index (χ4n) is 2.44. The summed E-state index contributed by atoms with van der Waals surface area (Å²) in [7, 11) is 0. The van der Waals surface area contributed by atoms with Crippen LogP contribution in [0.2, 0.25) is 0 Å². The number of rotatable bonds is 2. The average Bonchev–Trinajstić information content (AvgIpc) is 2.55. The van der Waals surface area contributed by atoms with Crippen LogP contribution < -0.4 is 9.80 Å². The molecule has 5 nitrogen and oxygen atoms in total. The molecule has 1 aliphatic rings. The van der Waals surface area contributed by atoms with Gasteiger partial charge in [0.15, 0.2) is 0 Å². The third-order valence-corrected chi connectivity index (χ3v) is 3.53. The van der Waals surface area contributed by atoms with Gasteiger partial charge in [-0.1, -0.05) is 6.07 Å². The first-order valence-corrected chi connectivity index (χ1v) is 6.75. The number of aromatic nitrogens is 2. The summed E-state index contributed by atoms with van der Waals surface area (Å²) in [6.07, 6.45) is 1.65. The van der Waals surface area contributed by atoms with Crippen LogP contribution in [0.5, 0.6) is 0 Å². The first kappa shape index (κ1) is 13.3. The zero-order valence-electron chi connectivity index (χ0n) is 11.4. The zero-order chi connectivity index (χ0) is 14.7. The van der Waals surface area contributed by atoms with Gasteiger partial charge in [-0.05, 0) is 24.3 Å². The van der Waals surface area contributed by atoms with Gasteiger partial charge >= 0.3 is 0 Å². The molecular weight excluding hydrogens is 269 g/mol. The van der Waals surface area contributed by atoms with E-state index in [1.54, 1.807) is 18.3 Å². The van der Waals surface area contributed by atoms with E-state index in [1.165, 1.54) is 6.07 Å². The van der Waals surface area contributed by atoms with E-state index in [-0.39, 0.29) is 0 Å². The van der Waals surface area contributed by atoms with Crippen molar-refractivity contribution in [3.05, 3.63) is 48.2 Å². The van der Waals surface area contributed by atoms with Crippen molar-refractivity contribution in [3.63, 3.8) is 0 Å². The van der Waals surface area contributed by atoms with E-state index in [0.717, 1.165) is 31.9 Å². The van der Waals surface area contributed by atoms with Crippen LogP contribution in [-0.4, -0.2) is 36.1 Å². The highest BCUT2D eigenvalue weighted by Gasteiger charge is 2.18. The molecule has 6 heteroatoms. The Hall–Kier alpha value is -2.68. The van der Waals surface area contributed by atoms with Crippen LogP contribution in [0.1, 0.15) is 5.69 Å². The van der Waals surface area contributed by atoms with Gasteiger partial charge in [0.2, 0.25) is 5.95 Å². The van der Waals surface area contributed by atoms with Crippen molar-refractivity contribution in [2.45, 2.75) is 0 Å². The highest BCUT2D eigenvalue weighted by molar-refractivity contribution is 5.51. The van der Waals surface area contributed by atoms with Gasteiger partial charge in [0, 0.05) is 38.1 Å². The van der Waals surface area contributed by atoms with Gasteiger partial charge in [-0.25, -0.2) is 9.97 Å². The fourth-order valence-corrected chi connectivity index (χ4v) is 2.44. The van der Waals surface area contributed by atoms with Crippen molar-refractivity contribution in [3.8, 4) is 6.07 Å². The number of hydrogen-bond donors (Lipinski definition) is 0. The first-order chi connectivity index (χ1) is 10.3. The van der Waals surface area contributed by atoms with Gasteiger partial charge in [-0.15, -0.1) is 0 Å². The Kier molecular flexibility index (Phi) is 3.65. The topological polar surface area (TPSA) is 56.1 Å². The van der Waals surface area contributed by atoms with Gasteiger partial charge < -0.3 is 9.80 Å². The van der Waals surface area contributed by atoms with E-state index in [1.807, 2.05) is 18.2 Å². The number of pyridine rings is 2. The SMILES string of the molecule is N#Cc1cc(N2CCN(c3cccc(F)n3)CC2)ccn1. The van der Waals surface area contributed by atoms with Crippen LogP contribution in [0.3, 0.4) is 0 Å². The lowest BCUT2D eigenvalue weighted by Crippen LogP contribution is -2.46.